The van der Waals surface area contributed by atoms with Crippen LogP contribution in [0.25, 0.3) is 0 Å². The van der Waals surface area contributed by atoms with E-state index in [1.54, 1.807) is 33.8 Å². The lowest BCUT2D eigenvalue weighted by molar-refractivity contribution is -0.132. The van der Waals surface area contributed by atoms with Crippen LogP contribution in [-0.2, 0) is 27.7 Å². The van der Waals surface area contributed by atoms with E-state index in [-0.39, 0.29) is 23.0 Å². The van der Waals surface area contributed by atoms with Crippen LogP contribution in [-0.4, -0.2) is 58.1 Å². The first-order chi connectivity index (χ1) is 12.4. The smallest absolute Gasteiger partial charge is 0.224 e. The molecule has 140 valence electrons. The Bertz CT molecular complexity index is 879. The predicted molar refractivity (Wildman–Crippen MR) is 92.8 cm³/mol. The van der Waals surface area contributed by atoms with Gasteiger partial charge in [-0.3, -0.25) is 9.48 Å². The largest absolute Gasteiger partial charge is 0.393 e. The van der Waals surface area contributed by atoms with Gasteiger partial charge < -0.3 is 15.1 Å². The van der Waals surface area contributed by atoms with Crippen LogP contribution in [0.2, 0.25) is 0 Å². The Morgan fingerprint density at radius 2 is 1.96 bits per heavy atom. The van der Waals surface area contributed by atoms with Crippen LogP contribution < -0.4 is 0 Å². The normalized spacial score (nSPS) is 15.5. The van der Waals surface area contributed by atoms with Gasteiger partial charge in [0.05, 0.1) is 41.7 Å². The molecule has 0 radical (unpaired) electrons. The van der Waals surface area contributed by atoms with Crippen molar-refractivity contribution in [3.63, 3.8) is 0 Å². The summed E-state index contributed by atoms with van der Waals surface area (Å²) in [5, 5.41) is 22.9. The Labute approximate surface area is 151 Å². The predicted octanol–water partition coefficient (Wildman–Crippen LogP) is 0.115. The van der Waals surface area contributed by atoms with Crippen molar-refractivity contribution < 1.29 is 23.4 Å². The van der Waals surface area contributed by atoms with Gasteiger partial charge >= 0.3 is 0 Å². The van der Waals surface area contributed by atoms with Gasteiger partial charge in [0.25, 0.3) is 0 Å². The fourth-order valence-corrected chi connectivity index (χ4v) is 4.13. The molecule has 1 atom stereocenters. The molecule has 2 heterocycles. The lowest BCUT2D eigenvalue weighted by Crippen LogP contribution is -2.39. The summed E-state index contributed by atoms with van der Waals surface area (Å²) < 4.78 is 26.3. The molecular formula is C17H21N3O5S. The second-order valence-corrected chi connectivity index (χ2v) is 8.29. The minimum absolute atomic E-state index is 0.0858. The Hall–Kier alpha value is -2.23. The molecule has 1 amide bonds. The summed E-state index contributed by atoms with van der Waals surface area (Å²) in [7, 11) is -3.49. The lowest BCUT2D eigenvalue weighted by Gasteiger charge is -2.27. The third kappa shape index (κ3) is 3.95. The number of aliphatic hydroxyl groups excluding tert-OH is 2. The summed E-state index contributed by atoms with van der Waals surface area (Å²) in [6.45, 7) is 0.768. The van der Waals surface area contributed by atoms with E-state index in [0.29, 0.717) is 25.3 Å². The molecule has 3 rings (SSSR count). The van der Waals surface area contributed by atoms with Crippen molar-refractivity contribution in [2.45, 2.75) is 30.5 Å². The van der Waals surface area contributed by atoms with E-state index in [1.807, 2.05) is 0 Å². The molecule has 2 N–H and O–H groups in total. The zero-order valence-corrected chi connectivity index (χ0v) is 15.0. The molecule has 0 saturated heterocycles. The summed E-state index contributed by atoms with van der Waals surface area (Å²) in [5.41, 5.74) is 1.11. The van der Waals surface area contributed by atoms with Crippen LogP contribution in [0.4, 0.5) is 0 Å². The number of sulfone groups is 1. The number of fused-ring (bicyclic) bond motifs is 1. The molecule has 26 heavy (non-hydrogen) atoms. The van der Waals surface area contributed by atoms with Gasteiger partial charge in [0.1, 0.15) is 6.10 Å². The molecular weight excluding hydrogens is 358 g/mol. The second-order valence-electron chi connectivity index (χ2n) is 6.18. The number of carbonyl (C=O) groups is 1. The number of nitrogens with zero attached hydrogens (tertiary/aromatic N) is 3. The Balaban J connectivity index is 1.62. The number of aliphatic hydroxyl groups is 2. The highest BCUT2D eigenvalue weighted by Gasteiger charge is 2.25. The van der Waals surface area contributed by atoms with Crippen molar-refractivity contribution in [1.82, 2.24) is 14.7 Å². The molecule has 0 spiro atoms. The maximum atomic E-state index is 12.4. The summed E-state index contributed by atoms with van der Waals surface area (Å²) in [5.74, 6) is -0.471. The molecule has 1 aliphatic heterocycles. The second kappa shape index (κ2) is 7.56. The quantitative estimate of drug-likeness (QED) is 0.737. The van der Waals surface area contributed by atoms with Crippen LogP contribution >= 0.6 is 0 Å². The van der Waals surface area contributed by atoms with E-state index in [4.69, 9.17) is 5.11 Å². The SMILES string of the molecule is O=C(CCS(=O)(=O)c1ccccc1)N1CCn2nc([C@@H](O)CO)cc2C1. The van der Waals surface area contributed by atoms with Gasteiger partial charge in [0.15, 0.2) is 9.84 Å². The molecule has 0 bridgehead atoms. The van der Waals surface area contributed by atoms with Crippen LogP contribution in [0.15, 0.2) is 41.3 Å². The Morgan fingerprint density at radius 3 is 2.65 bits per heavy atom. The average molecular weight is 379 g/mol. The van der Waals surface area contributed by atoms with Crippen LogP contribution in [0.1, 0.15) is 23.9 Å². The van der Waals surface area contributed by atoms with Crippen LogP contribution in [0.5, 0.6) is 0 Å². The van der Waals surface area contributed by atoms with Gasteiger partial charge in [-0.25, -0.2) is 8.42 Å². The first-order valence-corrected chi connectivity index (χ1v) is 9.97. The standard InChI is InChI=1S/C17H21N3O5S/c21-12-16(22)15-10-13-11-19(7-8-20(13)18-15)17(23)6-9-26(24,25)14-4-2-1-3-5-14/h1-5,10,16,21-22H,6-9,11-12H2/t16-/m0/s1. The van der Waals surface area contributed by atoms with Gasteiger partial charge in [-0.05, 0) is 18.2 Å². The maximum absolute atomic E-state index is 12.4. The molecule has 2 aromatic rings. The molecule has 1 aliphatic rings. The Kier molecular flexibility index (Phi) is 5.40. The third-order valence-corrected chi connectivity index (χ3v) is 6.10. The minimum atomic E-state index is -3.49. The van der Waals surface area contributed by atoms with E-state index in [2.05, 4.69) is 5.10 Å². The topological polar surface area (TPSA) is 113 Å². The van der Waals surface area contributed by atoms with Gasteiger partial charge in [0.2, 0.25) is 5.91 Å². The summed E-state index contributed by atoms with van der Waals surface area (Å²) in [6, 6.07) is 9.74. The van der Waals surface area contributed by atoms with Crippen molar-refractivity contribution in [3.05, 3.63) is 47.8 Å². The van der Waals surface area contributed by atoms with Crippen molar-refractivity contribution >= 4 is 15.7 Å². The number of aromatic nitrogens is 2. The molecule has 9 heteroatoms. The van der Waals surface area contributed by atoms with E-state index in [1.165, 1.54) is 12.1 Å². The highest BCUT2D eigenvalue weighted by Crippen LogP contribution is 2.19. The number of benzene rings is 1. The number of rotatable bonds is 6. The molecule has 0 fully saturated rings. The third-order valence-electron chi connectivity index (χ3n) is 4.37. The van der Waals surface area contributed by atoms with Gasteiger partial charge in [-0.15, -0.1) is 0 Å². The first-order valence-electron chi connectivity index (χ1n) is 8.32. The minimum Gasteiger partial charge on any atom is -0.393 e. The van der Waals surface area contributed by atoms with Crippen molar-refractivity contribution in [1.29, 1.82) is 0 Å². The maximum Gasteiger partial charge on any atom is 0.224 e. The summed E-state index contributed by atoms with van der Waals surface area (Å²) in [4.78, 5) is 14.2. The van der Waals surface area contributed by atoms with Gasteiger partial charge in [-0.1, -0.05) is 18.2 Å². The summed E-state index contributed by atoms with van der Waals surface area (Å²) in [6.07, 6.45) is -1.13. The Morgan fingerprint density at radius 1 is 1.23 bits per heavy atom. The highest BCUT2D eigenvalue weighted by molar-refractivity contribution is 7.91. The zero-order valence-electron chi connectivity index (χ0n) is 14.2. The molecule has 0 aliphatic carbocycles. The van der Waals surface area contributed by atoms with Crippen LogP contribution in [0.3, 0.4) is 0 Å². The van der Waals surface area contributed by atoms with Gasteiger partial charge in [0, 0.05) is 13.0 Å². The zero-order chi connectivity index (χ0) is 18.7. The molecule has 1 aromatic heterocycles. The molecule has 8 nitrogen and oxygen atoms in total. The first kappa shape index (κ1) is 18.6. The molecule has 0 unspecified atom stereocenters. The summed E-state index contributed by atoms with van der Waals surface area (Å²) >= 11 is 0. The fourth-order valence-electron chi connectivity index (χ4n) is 2.88. The van der Waals surface area contributed by atoms with E-state index in [9.17, 15) is 18.3 Å². The van der Waals surface area contributed by atoms with E-state index < -0.39 is 22.5 Å². The number of amides is 1. The van der Waals surface area contributed by atoms with E-state index in [0.717, 1.165) is 5.69 Å². The van der Waals surface area contributed by atoms with E-state index >= 15 is 0 Å². The number of hydrogen-bond acceptors (Lipinski definition) is 6. The van der Waals surface area contributed by atoms with Crippen LogP contribution in [0, 0.1) is 0 Å². The molecule has 1 aromatic carbocycles. The lowest BCUT2D eigenvalue weighted by atomic mass is 10.2. The van der Waals surface area contributed by atoms with Crippen molar-refractivity contribution in [3.8, 4) is 0 Å². The molecule has 0 saturated carbocycles. The van der Waals surface area contributed by atoms with Gasteiger partial charge in [-0.2, -0.15) is 5.10 Å². The van der Waals surface area contributed by atoms with Crippen molar-refractivity contribution in [2.24, 2.45) is 0 Å². The fraction of sp³-hybridized carbons (Fsp3) is 0.412. The number of carbonyl (C=O) groups excluding carboxylic acids is 1. The van der Waals surface area contributed by atoms with Crippen molar-refractivity contribution in [2.75, 3.05) is 18.9 Å². The highest BCUT2D eigenvalue weighted by atomic mass is 32.2. The number of hydrogen-bond donors (Lipinski definition) is 2. The average Bonchev–Trinajstić information content (AvgIpc) is 3.09. The monoisotopic (exact) mass is 379 g/mol.